The Hall–Kier alpha value is -0.863. The maximum Gasteiger partial charge on any atom is 0.105 e. The van der Waals surface area contributed by atoms with Gasteiger partial charge in [-0.15, -0.1) is 0 Å². The fraction of sp³-hybridized carbons (Fsp3) is 0.385. The van der Waals surface area contributed by atoms with Crippen molar-refractivity contribution >= 4 is 8.07 Å². The number of benzene rings is 1. The first-order chi connectivity index (χ1) is 6.87. The standard InChI is InChI=1S/C13H20OSi/c1-5-13(14,11-15(2,3)4)12-9-7-6-8-10-12/h5-10,14H,1,11H2,2-4H3. The normalized spacial score (nSPS) is 15.7. The van der Waals surface area contributed by atoms with Crippen molar-refractivity contribution < 1.29 is 5.11 Å². The van der Waals surface area contributed by atoms with E-state index in [1.54, 1.807) is 6.08 Å². The van der Waals surface area contributed by atoms with Gasteiger partial charge in [0.2, 0.25) is 0 Å². The lowest BCUT2D eigenvalue weighted by Gasteiger charge is -2.31. The Bertz CT molecular complexity index is 326. The van der Waals surface area contributed by atoms with Crippen molar-refractivity contribution in [3.63, 3.8) is 0 Å². The molecule has 1 aromatic rings. The predicted molar refractivity (Wildman–Crippen MR) is 68.7 cm³/mol. The highest BCUT2D eigenvalue weighted by molar-refractivity contribution is 6.76. The van der Waals surface area contributed by atoms with Crippen LogP contribution in [-0.4, -0.2) is 13.2 Å². The van der Waals surface area contributed by atoms with E-state index >= 15 is 0 Å². The summed E-state index contributed by atoms with van der Waals surface area (Å²) in [6, 6.07) is 10.6. The van der Waals surface area contributed by atoms with Crippen LogP contribution in [0.4, 0.5) is 0 Å². The zero-order valence-corrected chi connectivity index (χ0v) is 10.8. The molecule has 1 unspecified atom stereocenters. The minimum Gasteiger partial charge on any atom is -0.381 e. The molecule has 0 saturated heterocycles. The fourth-order valence-electron chi connectivity index (χ4n) is 1.83. The van der Waals surface area contributed by atoms with Crippen LogP contribution in [0, 0.1) is 0 Å². The monoisotopic (exact) mass is 220 g/mol. The third-order valence-electron chi connectivity index (χ3n) is 2.41. The average molecular weight is 220 g/mol. The van der Waals surface area contributed by atoms with Crippen LogP contribution in [0.3, 0.4) is 0 Å². The molecule has 0 aromatic heterocycles. The molecular formula is C13H20OSi. The summed E-state index contributed by atoms with van der Waals surface area (Å²) in [5.74, 6) is 0. The van der Waals surface area contributed by atoms with Crippen LogP contribution < -0.4 is 0 Å². The lowest BCUT2D eigenvalue weighted by Crippen LogP contribution is -2.34. The van der Waals surface area contributed by atoms with Gasteiger partial charge in [-0.2, -0.15) is 0 Å². The molecule has 1 aromatic carbocycles. The number of aliphatic hydroxyl groups is 1. The first-order valence-electron chi connectivity index (χ1n) is 5.29. The topological polar surface area (TPSA) is 20.2 Å². The summed E-state index contributed by atoms with van der Waals surface area (Å²) in [6.45, 7) is 10.5. The fourth-order valence-corrected chi connectivity index (χ4v) is 3.79. The summed E-state index contributed by atoms with van der Waals surface area (Å²) < 4.78 is 0. The summed E-state index contributed by atoms with van der Waals surface area (Å²) >= 11 is 0. The van der Waals surface area contributed by atoms with Crippen LogP contribution in [0.25, 0.3) is 0 Å². The molecule has 0 saturated carbocycles. The highest BCUT2D eigenvalue weighted by Gasteiger charge is 2.31. The quantitative estimate of drug-likeness (QED) is 0.609. The van der Waals surface area contributed by atoms with E-state index in [0.29, 0.717) is 0 Å². The molecule has 0 aliphatic rings. The third kappa shape index (κ3) is 3.32. The van der Waals surface area contributed by atoms with Crippen LogP contribution >= 0.6 is 0 Å². The minimum absolute atomic E-state index is 0.813. The molecular weight excluding hydrogens is 200 g/mol. The molecule has 2 heteroatoms. The Kier molecular flexibility index (Phi) is 3.53. The lowest BCUT2D eigenvalue weighted by molar-refractivity contribution is 0.110. The SMILES string of the molecule is C=CC(O)(C[Si](C)(C)C)c1ccccc1. The van der Waals surface area contributed by atoms with Gasteiger partial charge in [0.15, 0.2) is 0 Å². The Morgan fingerprint density at radius 1 is 1.27 bits per heavy atom. The summed E-state index contributed by atoms with van der Waals surface area (Å²) in [5.41, 5.74) is 0.0913. The van der Waals surface area contributed by atoms with Gasteiger partial charge in [0, 0.05) is 8.07 Å². The molecule has 1 nitrogen and oxygen atoms in total. The van der Waals surface area contributed by atoms with Gasteiger partial charge < -0.3 is 5.11 Å². The average Bonchev–Trinajstić information content (AvgIpc) is 2.16. The second-order valence-corrected chi connectivity index (χ2v) is 10.7. The van der Waals surface area contributed by atoms with Crippen molar-refractivity contribution in [2.45, 2.75) is 31.3 Å². The second-order valence-electron chi connectivity index (χ2n) is 5.23. The van der Waals surface area contributed by atoms with Crippen molar-refractivity contribution in [1.82, 2.24) is 0 Å². The molecule has 1 rings (SSSR count). The summed E-state index contributed by atoms with van der Waals surface area (Å²) in [6.07, 6.45) is 1.67. The smallest absolute Gasteiger partial charge is 0.105 e. The Morgan fingerprint density at radius 3 is 2.20 bits per heavy atom. The lowest BCUT2D eigenvalue weighted by atomic mass is 9.96. The molecule has 15 heavy (non-hydrogen) atoms. The molecule has 0 amide bonds. The number of hydrogen-bond donors (Lipinski definition) is 1. The van der Waals surface area contributed by atoms with E-state index in [9.17, 15) is 5.11 Å². The first kappa shape index (κ1) is 12.2. The summed E-state index contributed by atoms with van der Waals surface area (Å²) in [4.78, 5) is 0. The van der Waals surface area contributed by atoms with Gasteiger partial charge in [0.05, 0.1) is 0 Å². The zero-order valence-electron chi connectivity index (χ0n) is 9.83. The van der Waals surface area contributed by atoms with E-state index in [-0.39, 0.29) is 0 Å². The number of hydrogen-bond acceptors (Lipinski definition) is 1. The second kappa shape index (κ2) is 4.33. The highest BCUT2D eigenvalue weighted by Crippen LogP contribution is 2.31. The highest BCUT2D eigenvalue weighted by atomic mass is 28.3. The summed E-state index contributed by atoms with van der Waals surface area (Å²) in [7, 11) is -1.32. The molecule has 0 aliphatic heterocycles. The maximum atomic E-state index is 10.5. The molecule has 0 radical (unpaired) electrons. The Balaban J connectivity index is 3.01. The van der Waals surface area contributed by atoms with Crippen molar-refractivity contribution in [2.24, 2.45) is 0 Å². The van der Waals surface area contributed by atoms with Gasteiger partial charge in [0.1, 0.15) is 5.60 Å². The van der Waals surface area contributed by atoms with E-state index in [1.807, 2.05) is 30.3 Å². The Labute approximate surface area is 93.5 Å². The van der Waals surface area contributed by atoms with E-state index in [0.717, 1.165) is 11.6 Å². The number of rotatable bonds is 4. The van der Waals surface area contributed by atoms with Gasteiger partial charge >= 0.3 is 0 Å². The molecule has 0 heterocycles. The van der Waals surface area contributed by atoms with Crippen LogP contribution in [-0.2, 0) is 5.60 Å². The molecule has 0 fully saturated rings. The molecule has 1 N–H and O–H groups in total. The van der Waals surface area contributed by atoms with E-state index in [1.165, 1.54) is 0 Å². The molecule has 82 valence electrons. The van der Waals surface area contributed by atoms with Crippen molar-refractivity contribution in [1.29, 1.82) is 0 Å². The van der Waals surface area contributed by atoms with Crippen molar-refractivity contribution in [2.75, 3.05) is 0 Å². The summed E-state index contributed by atoms with van der Waals surface area (Å²) in [5, 5.41) is 10.5. The van der Waals surface area contributed by atoms with Gasteiger partial charge in [-0.3, -0.25) is 0 Å². The Morgan fingerprint density at radius 2 is 1.80 bits per heavy atom. The minimum atomic E-state index is -1.32. The molecule has 0 bridgehead atoms. The zero-order chi connectivity index (χ0) is 11.5. The van der Waals surface area contributed by atoms with Crippen molar-refractivity contribution in [3.8, 4) is 0 Å². The van der Waals surface area contributed by atoms with E-state index in [4.69, 9.17) is 0 Å². The van der Waals surface area contributed by atoms with Gasteiger partial charge in [-0.1, -0.05) is 62.6 Å². The van der Waals surface area contributed by atoms with Crippen LogP contribution in [0.15, 0.2) is 43.0 Å². The largest absolute Gasteiger partial charge is 0.381 e. The van der Waals surface area contributed by atoms with Gasteiger partial charge in [-0.05, 0) is 11.6 Å². The van der Waals surface area contributed by atoms with E-state index in [2.05, 4.69) is 26.2 Å². The van der Waals surface area contributed by atoms with Crippen LogP contribution in [0.5, 0.6) is 0 Å². The molecule has 1 atom stereocenters. The molecule has 0 spiro atoms. The van der Waals surface area contributed by atoms with Crippen LogP contribution in [0.2, 0.25) is 25.7 Å². The van der Waals surface area contributed by atoms with Crippen LogP contribution in [0.1, 0.15) is 5.56 Å². The van der Waals surface area contributed by atoms with Gasteiger partial charge in [-0.25, -0.2) is 0 Å². The third-order valence-corrected chi connectivity index (χ3v) is 4.01. The van der Waals surface area contributed by atoms with E-state index < -0.39 is 13.7 Å². The maximum absolute atomic E-state index is 10.5. The predicted octanol–water partition coefficient (Wildman–Crippen LogP) is 3.40. The molecule has 0 aliphatic carbocycles. The first-order valence-corrected chi connectivity index (χ1v) is 9.00. The van der Waals surface area contributed by atoms with Crippen molar-refractivity contribution in [3.05, 3.63) is 48.6 Å². The van der Waals surface area contributed by atoms with Gasteiger partial charge in [0.25, 0.3) is 0 Å².